The van der Waals surface area contributed by atoms with E-state index in [4.69, 9.17) is 16.4 Å². The van der Waals surface area contributed by atoms with E-state index in [0.717, 1.165) is 36.3 Å². The third-order valence-corrected chi connectivity index (χ3v) is 5.55. The number of hydrogen-bond donors (Lipinski definition) is 0. The Labute approximate surface area is 102 Å². The van der Waals surface area contributed by atoms with Crippen molar-refractivity contribution in [3.63, 3.8) is 0 Å². The molecule has 90 valence electrons. The van der Waals surface area contributed by atoms with Gasteiger partial charge in [-0.25, -0.2) is 0 Å². The van der Waals surface area contributed by atoms with Crippen LogP contribution >= 0.6 is 12.2 Å². The summed E-state index contributed by atoms with van der Waals surface area (Å²) in [5.74, 6) is 1.97. The molecule has 4 rings (SSSR count). The van der Waals surface area contributed by atoms with Crippen LogP contribution in [0.25, 0.3) is 0 Å². The highest BCUT2D eigenvalue weighted by Gasteiger charge is 2.52. The van der Waals surface area contributed by atoms with Gasteiger partial charge in [-0.15, -0.1) is 0 Å². The molecule has 4 saturated carbocycles. The van der Waals surface area contributed by atoms with Crippen molar-refractivity contribution in [3.05, 3.63) is 0 Å². The van der Waals surface area contributed by atoms with E-state index in [1.165, 1.54) is 6.42 Å². The molecule has 0 saturated heterocycles. The van der Waals surface area contributed by atoms with Gasteiger partial charge in [0.2, 0.25) is 0 Å². The SMILES string of the molecule is CS(=O)(=O)O[C@@H]1C2CC3CC(C2)C(=S)C1C3. The molecule has 0 aromatic rings. The molecule has 0 radical (unpaired) electrons. The first-order valence-electron chi connectivity index (χ1n) is 5.86. The highest BCUT2D eigenvalue weighted by Crippen LogP contribution is 2.53. The van der Waals surface area contributed by atoms with Crippen molar-refractivity contribution in [3.8, 4) is 0 Å². The van der Waals surface area contributed by atoms with Gasteiger partial charge in [0.1, 0.15) is 0 Å². The second-order valence-corrected chi connectivity index (χ2v) is 7.61. The second-order valence-electron chi connectivity index (χ2n) is 5.54. The van der Waals surface area contributed by atoms with Crippen molar-refractivity contribution in [1.29, 1.82) is 0 Å². The summed E-state index contributed by atoms with van der Waals surface area (Å²) in [4.78, 5) is 1.08. The lowest BCUT2D eigenvalue weighted by Gasteiger charge is -2.53. The molecule has 4 unspecified atom stereocenters. The summed E-state index contributed by atoms with van der Waals surface area (Å²) >= 11 is 5.47. The highest BCUT2D eigenvalue weighted by atomic mass is 32.2. The lowest BCUT2D eigenvalue weighted by molar-refractivity contribution is -0.0105. The fraction of sp³-hybridized carbons (Fsp3) is 0.909. The minimum Gasteiger partial charge on any atom is -0.266 e. The van der Waals surface area contributed by atoms with Gasteiger partial charge in [0.15, 0.2) is 0 Å². The van der Waals surface area contributed by atoms with Crippen LogP contribution in [0.3, 0.4) is 0 Å². The van der Waals surface area contributed by atoms with Crippen LogP contribution in [0, 0.1) is 23.7 Å². The fourth-order valence-corrected chi connectivity index (χ4v) is 5.05. The monoisotopic (exact) mass is 260 g/mol. The molecule has 0 aromatic heterocycles. The molecule has 4 aliphatic carbocycles. The molecule has 4 fully saturated rings. The Morgan fingerprint density at radius 2 is 2.00 bits per heavy atom. The van der Waals surface area contributed by atoms with E-state index in [2.05, 4.69) is 0 Å². The maximum absolute atomic E-state index is 11.3. The minimum absolute atomic E-state index is 0.157. The zero-order chi connectivity index (χ0) is 11.5. The van der Waals surface area contributed by atoms with Crippen LogP contribution in [0.1, 0.15) is 25.7 Å². The zero-order valence-corrected chi connectivity index (χ0v) is 10.9. The standard InChI is InChI=1S/C11H16O3S2/c1-16(12,13)14-10-7-2-6-3-8(5-7)11(15)9(10)4-6/h6-10H,2-5H2,1H3/t6?,7?,8?,9?,10-/m1/s1. The Hall–Kier alpha value is -0.0000000000000000555. The summed E-state index contributed by atoms with van der Waals surface area (Å²) in [6.07, 6.45) is 5.45. The van der Waals surface area contributed by atoms with Crippen LogP contribution in [0.5, 0.6) is 0 Å². The molecule has 0 aromatic carbocycles. The summed E-state index contributed by atoms with van der Waals surface area (Å²) in [5, 5.41) is 0. The lowest BCUT2D eigenvalue weighted by atomic mass is 9.55. The third-order valence-electron chi connectivity index (χ3n) is 4.34. The van der Waals surface area contributed by atoms with Gasteiger partial charge in [0.25, 0.3) is 10.1 Å². The van der Waals surface area contributed by atoms with Crippen molar-refractivity contribution >= 4 is 27.2 Å². The topological polar surface area (TPSA) is 43.4 Å². The number of thiocarbonyl (C=S) groups is 1. The van der Waals surface area contributed by atoms with Crippen molar-refractivity contribution < 1.29 is 12.6 Å². The number of rotatable bonds is 2. The van der Waals surface area contributed by atoms with Gasteiger partial charge >= 0.3 is 0 Å². The van der Waals surface area contributed by atoms with E-state index in [1.807, 2.05) is 0 Å². The molecule has 0 N–H and O–H groups in total. The maximum Gasteiger partial charge on any atom is 0.264 e. The van der Waals surface area contributed by atoms with Crippen LogP contribution < -0.4 is 0 Å². The van der Waals surface area contributed by atoms with E-state index in [1.54, 1.807) is 0 Å². The van der Waals surface area contributed by atoms with Gasteiger partial charge in [0.05, 0.1) is 12.4 Å². The smallest absolute Gasteiger partial charge is 0.264 e. The molecule has 0 heterocycles. The molecule has 4 bridgehead atoms. The highest BCUT2D eigenvalue weighted by molar-refractivity contribution is 7.86. The van der Waals surface area contributed by atoms with Gasteiger partial charge in [0, 0.05) is 10.8 Å². The van der Waals surface area contributed by atoms with E-state index in [-0.39, 0.29) is 12.0 Å². The van der Waals surface area contributed by atoms with E-state index in [0.29, 0.717) is 11.8 Å². The number of hydrogen-bond acceptors (Lipinski definition) is 4. The Morgan fingerprint density at radius 1 is 1.25 bits per heavy atom. The zero-order valence-electron chi connectivity index (χ0n) is 9.26. The first kappa shape index (κ1) is 11.1. The van der Waals surface area contributed by atoms with Crippen LogP contribution in [-0.2, 0) is 14.3 Å². The van der Waals surface area contributed by atoms with Gasteiger partial charge in [-0.2, -0.15) is 8.42 Å². The molecule has 5 atom stereocenters. The average Bonchev–Trinajstić information content (AvgIpc) is 2.17. The van der Waals surface area contributed by atoms with Crippen LogP contribution in [0.2, 0.25) is 0 Å². The van der Waals surface area contributed by atoms with Gasteiger partial charge < -0.3 is 0 Å². The van der Waals surface area contributed by atoms with E-state index >= 15 is 0 Å². The molecular weight excluding hydrogens is 244 g/mol. The van der Waals surface area contributed by atoms with Gasteiger partial charge in [-0.05, 0) is 43.4 Å². The Kier molecular flexibility index (Phi) is 2.43. The van der Waals surface area contributed by atoms with Crippen molar-refractivity contribution in [2.24, 2.45) is 23.7 Å². The van der Waals surface area contributed by atoms with E-state index in [9.17, 15) is 8.42 Å². The average molecular weight is 260 g/mol. The van der Waals surface area contributed by atoms with Gasteiger partial charge in [-0.3, -0.25) is 4.18 Å². The van der Waals surface area contributed by atoms with Crippen molar-refractivity contribution in [2.75, 3.05) is 6.26 Å². The molecule has 0 amide bonds. The molecule has 3 nitrogen and oxygen atoms in total. The Bertz CT molecular complexity index is 429. The summed E-state index contributed by atoms with van der Waals surface area (Å²) in [5.41, 5.74) is 0. The predicted octanol–water partition coefficient (Wildman–Crippen LogP) is 1.77. The first-order valence-corrected chi connectivity index (χ1v) is 8.08. The molecule has 0 spiro atoms. The predicted molar refractivity (Wildman–Crippen MR) is 64.7 cm³/mol. The van der Waals surface area contributed by atoms with Crippen LogP contribution in [0.4, 0.5) is 0 Å². The second kappa shape index (κ2) is 3.50. The van der Waals surface area contributed by atoms with Gasteiger partial charge in [-0.1, -0.05) is 12.2 Å². The normalized spacial score (nSPS) is 46.3. The summed E-state index contributed by atoms with van der Waals surface area (Å²) < 4.78 is 27.8. The Balaban J connectivity index is 1.88. The summed E-state index contributed by atoms with van der Waals surface area (Å²) in [6, 6.07) is 0. The van der Waals surface area contributed by atoms with Crippen LogP contribution in [0.15, 0.2) is 0 Å². The lowest BCUT2D eigenvalue weighted by Crippen LogP contribution is -2.54. The van der Waals surface area contributed by atoms with Crippen molar-refractivity contribution in [2.45, 2.75) is 31.8 Å². The first-order chi connectivity index (χ1) is 7.44. The molecule has 5 heteroatoms. The summed E-state index contributed by atoms with van der Waals surface area (Å²) in [6.45, 7) is 0. The molecule has 0 aliphatic heterocycles. The minimum atomic E-state index is -3.35. The maximum atomic E-state index is 11.3. The Morgan fingerprint density at radius 3 is 2.69 bits per heavy atom. The fourth-order valence-electron chi connectivity index (χ4n) is 3.93. The quantitative estimate of drug-likeness (QED) is 0.560. The molecular formula is C11H16O3S2. The molecule has 4 aliphatic rings. The largest absolute Gasteiger partial charge is 0.266 e. The van der Waals surface area contributed by atoms with E-state index < -0.39 is 10.1 Å². The summed E-state index contributed by atoms with van der Waals surface area (Å²) in [7, 11) is -3.35. The van der Waals surface area contributed by atoms with Crippen LogP contribution in [-0.4, -0.2) is 25.6 Å². The molecule has 16 heavy (non-hydrogen) atoms. The third kappa shape index (κ3) is 1.73. The van der Waals surface area contributed by atoms with Crippen molar-refractivity contribution in [1.82, 2.24) is 0 Å².